The van der Waals surface area contributed by atoms with Crippen LogP contribution in [0.2, 0.25) is 0 Å². The van der Waals surface area contributed by atoms with Gasteiger partial charge in [0.1, 0.15) is 0 Å². The maximum atomic E-state index is 4.46. The van der Waals surface area contributed by atoms with E-state index in [1.54, 1.807) is 0 Å². The number of benzene rings is 2. The van der Waals surface area contributed by atoms with E-state index >= 15 is 0 Å². The SMILES string of the molecule is [Pt].[c-]1cccc2cc(-c3ccccc3)n3ccnc3c12. The smallest absolute Gasteiger partial charge is 0.0608 e. The Balaban J connectivity index is 0.00000121. The Kier molecular flexibility index (Phi) is 3.41. The van der Waals surface area contributed by atoms with Crippen LogP contribution < -0.4 is 0 Å². The van der Waals surface area contributed by atoms with Crippen molar-refractivity contribution in [3.63, 3.8) is 0 Å². The maximum Gasteiger partial charge on any atom is 0.0608 e. The minimum atomic E-state index is 0. The Bertz CT molecular complexity index is 866. The van der Waals surface area contributed by atoms with E-state index in [9.17, 15) is 0 Å². The third kappa shape index (κ3) is 1.97. The average molecular weight is 438 g/mol. The number of nitrogens with zero attached hydrogens (tertiary/aromatic N) is 2. The van der Waals surface area contributed by atoms with E-state index < -0.39 is 0 Å². The zero-order valence-electron chi connectivity index (χ0n) is 10.6. The number of fused-ring (bicyclic) bond motifs is 3. The van der Waals surface area contributed by atoms with Crippen LogP contribution >= 0.6 is 0 Å². The van der Waals surface area contributed by atoms with Gasteiger partial charge in [0.15, 0.2) is 0 Å². The number of rotatable bonds is 1. The van der Waals surface area contributed by atoms with Crippen LogP contribution in [0.4, 0.5) is 0 Å². The molecule has 2 heterocycles. The first-order valence-electron chi connectivity index (χ1n) is 6.25. The molecule has 3 heteroatoms. The third-order valence-corrected chi connectivity index (χ3v) is 3.37. The first-order chi connectivity index (χ1) is 9.43. The van der Waals surface area contributed by atoms with Gasteiger partial charge in [0, 0.05) is 39.2 Å². The van der Waals surface area contributed by atoms with Crippen LogP contribution in [0.5, 0.6) is 0 Å². The van der Waals surface area contributed by atoms with Crippen molar-refractivity contribution >= 4 is 16.4 Å². The van der Waals surface area contributed by atoms with Crippen LogP contribution in [0.1, 0.15) is 0 Å². The molecule has 0 aliphatic rings. The van der Waals surface area contributed by atoms with Gasteiger partial charge in [-0.05, 0) is 5.56 Å². The minimum absolute atomic E-state index is 0. The molecule has 0 saturated heterocycles. The Hall–Kier alpha value is -1.92. The molecule has 0 aliphatic carbocycles. The van der Waals surface area contributed by atoms with Crippen LogP contribution in [-0.4, -0.2) is 9.38 Å². The van der Waals surface area contributed by atoms with E-state index in [1.165, 1.54) is 10.9 Å². The van der Waals surface area contributed by atoms with Crippen molar-refractivity contribution in [3.05, 3.63) is 73.1 Å². The molecule has 2 aromatic heterocycles. The molecule has 0 atom stereocenters. The zero-order chi connectivity index (χ0) is 12.7. The summed E-state index contributed by atoms with van der Waals surface area (Å²) in [6.07, 6.45) is 3.83. The average Bonchev–Trinajstić information content (AvgIpc) is 2.97. The van der Waals surface area contributed by atoms with E-state index in [2.05, 4.69) is 51.8 Å². The molecular formula is C17H11N2Pt-. The summed E-state index contributed by atoms with van der Waals surface area (Å²) < 4.78 is 2.12. The fraction of sp³-hybridized carbons (Fsp3) is 0. The monoisotopic (exact) mass is 438 g/mol. The molecule has 2 aromatic carbocycles. The van der Waals surface area contributed by atoms with Gasteiger partial charge >= 0.3 is 0 Å². The molecule has 0 aliphatic heterocycles. The molecule has 20 heavy (non-hydrogen) atoms. The number of imidazole rings is 1. The second kappa shape index (κ2) is 5.22. The van der Waals surface area contributed by atoms with E-state index in [0.717, 1.165) is 16.7 Å². The molecule has 0 N–H and O–H groups in total. The molecule has 0 fully saturated rings. The first-order valence-corrected chi connectivity index (χ1v) is 6.25. The summed E-state index contributed by atoms with van der Waals surface area (Å²) in [6.45, 7) is 0. The molecule has 2 nitrogen and oxygen atoms in total. The van der Waals surface area contributed by atoms with Crippen molar-refractivity contribution in [3.8, 4) is 11.3 Å². The van der Waals surface area contributed by atoms with Crippen molar-refractivity contribution in [2.24, 2.45) is 0 Å². The molecule has 0 saturated carbocycles. The maximum absolute atomic E-state index is 4.46. The summed E-state index contributed by atoms with van der Waals surface area (Å²) >= 11 is 0. The Morgan fingerprint density at radius 2 is 1.85 bits per heavy atom. The van der Waals surface area contributed by atoms with Crippen LogP contribution in [0.25, 0.3) is 27.7 Å². The predicted octanol–water partition coefficient (Wildman–Crippen LogP) is 3.95. The Morgan fingerprint density at radius 3 is 2.70 bits per heavy atom. The molecule has 0 unspecified atom stereocenters. The van der Waals surface area contributed by atoms with Crippen molar-refractivity contribution in [1.82, 2.24) is 9.38 Å². The molecule has 4 aromatic rings. The first kappa shape index (κ1) is 13.1. The van der Waals surface area contributed by atoms with Gasteiger partial charge in [-0.2, -0.15) is 0 Å². The summed E-state index contributed by atoms with van der Waals surface area (Å²) in [5.41, 5.74) is 3.30. The minimum Gasteiger partial charge on any atom is -0.340 e. The van der Waals surface area contributed by atoms with E-state index in [4.69, 9.17) is 0 Å². The van der Waals surface area contributed by atoms with E-state index in [0.29, 0.717) is 0 Å². The van der Waals surface area contributed by atoms with Crippen LogP contribution in [0.15, 0.2) is 67.0 Å². The topological polar surface area (TPSA) is 17.3 Å². The fourth-order valence-corrected chi connectivity index (χ4v) is 2.49. The summed E-state index contributed by atoms with van der Waals surface area (Å²) in [5.74, 6) is 0. The van der Waals surface area contributed by atoms with Gasteiger partial charge in [-0.25, -0.2) is 0 Å². The molecular weight excluding hydrogens is 427 g/mol. The van der Waals surface area contributed by atoms with Crippen LogP contribution in [0, 0.1) is 6.07 Å². The molecule has 0 bridgehead atoms. The fourth-order valence-electron chi connectivity index (χ4n) is 2.49. The van der Waals surface area contributed by atoms with Gasteiger partial charge in [0.25, 0.3) is 0 Å². The van der Waals surface area contributed by atoms with Gasteiger partial charge in [-0.3, -0.25) is 4.98 Å². The zero-order valence-corrected chi connectivity index (χ0v) is 12.8. The quantitative estimate of drug-likeness (QED) is 0.412. The number of hydrogen-bond donors (Lipinski definition) is 0. The number of hydrogen-bond acceptors (Lipinski definition) is 1. The standard InChI is InChI=1S/C17H11N2.Pt/c1-2-6-13(7-3-1)16-12-14-8-4-5-9-15(14)17-18-10-11-19(16)17;/h1-8,10-12H;/q-1;. The number of pyridine rings is 1. The van der Waals surface area contributed by atoms with Crippen LogP contribution in [0.3, 0.4) is 0 Å². The summed E-state index contributed by atoms with van der Waals surface area (Å²) in [6, 6.07) is 21.9. The van der Waals surface area contributed by atoms with E-state index in [1.807, 2.05) is 30.6 Å². The summed E-state index contributed by atoms with van der Waals surface area (Å²) in [5, 5.41) is 2.23. The van der Waals surface area contributed by atoms with Gasteiger partial charge in [0.05, 0.1) is 5.65 Å². The molecule has 100 valence electrons. The normalized spacial score (nSPS) is 10.6. The van der Waals surface area contributed by atoms with E-state index in [-0.39, 0.29) is 21.1 Å². The molecule has 0 amide bonds. The van der Waals surface area contributed by atoms with Gasteiger partial charge in [0.2, 0.25) is 0 Å². The largest absolute Gasteiger partial charge is 0.340 e. The van der Waals surface area contributed by atoms with Crippen molar-refractivity contribution in [2.45, 2.75) is 0 Å². The Labute approximate surface area is 131 Å². The molecule has 0 spiro atoms. The van der Waals surface area contributed by atoms with Gasteiger partial charge in [-0.15, -0.1) is 35.0 Å². The second-order valence-corrected chi connectivity index (χ2v) is 4.52. The number of aromatic nitrogens is 2. The van der Waals surface area contributed by atoms with Crippen molar-refractivity contribution in [2.75, 3.05) is 0 Å². The van der Waals surface area contributed by atoms with Crippen LogP contribution in [-0.2, 0) is 21.1 Å². The second-order valence-electron chi connectivity index (χ2n) is 4.52. The Morgan fingerprint density at radius 1 is 1.00 bits per heavy atom. The molecule has 0 radical (unpaired) electrons. The summed E-state index contributed by atoms with van der Waals surface area (Å²) in [4.78, 5) is 4.46. The predicted molar refractivity (Wildman–Crippen MR) is 77.0 cm³/mol. The van der Waals surface area contributed by atoms with Gasteiger partial charge < -0.3 is 4.40 Å². The van der Waals surface area contributed by atoms with Crippen molar-refractivity contribution in [1.29, 1.82) is 0 Å². The summed E-state index contributed by atoms with van der Waals surface area (Å²) in [7, 11) is 0. The third-order valence-electron chi connectivity index (χ3n) is 3.37. The van der Waals surface area contributed by atoms with Crippen molar-refractivity contribution < 1.29 is 21.1 Å². The molecule has 4 rings (SSSR count). The van der Waals surface area contributed by atoms with Gasteiger partial charge in [-0.1, -0.05) is 36.4 Å².